The van der Waals surface area contributed by atoms with Gasteiger partial charge in [-0.1, -0.05) is 6.08 Å². The van der Waals surface area contributed by atoms with Gasteiger partial charge in [-0.3, -0.25) is 0 Å². The van der Waals surface area contributed by atoms with Gasteiger partial charge in [0.2, 0.25) is 0 Å². The number of aliphatic carboxylic acids is 1. The lowest BCUT2D eigenvalue weighted by atomic mass is 10.2. The van der Waals surface area contributed by atoms with Crippen LogP contribution >= 0.6 is 11.8 Å². The van der Waals surface area contributed by atoms with Gasteiger partial charge in [0.25, 0.3) is 0 Å². The number of alkyl halides is 3. The first kappa shape index (κ1) is 23.7. The van der Waals surface area contributed by atoms with Crippen LogP contribution < -0.4 is 9.47 Å². The van der Waals surface area contributed by atoms with Crippen LogP contribution in [-0.4, -0.2) is 29.5 Å². The highest BCUT2D eigenvalue weighted by Crippen LogP contribution is 2.32. The summed E-state index contributed by atoms with van der Waals surface area (Å²) in [6.07, 6.45) is -2.44. The number of aryl methyl sites for hydroxylation is 1. The van der Waals surface area contributed by atoms with E-state index in [1.54, 1.807) is 17.8 Å². The number of carboxylic acids is 1. The Balaban J connectivity index is 1.95. The van der Waals surface area contributed by atoms with Crippen LogP contribution in [0.25, 0.3) is 0 Å². The van der Waals surface area contributed by atoms with E-state index in [0.717, 1.165) is 28.2 Å². The zero-order valence-electron chi connectivity index (χ0n) is 16.8. The number of thioether (sulfide) groups is 1. The third-order valence-electron chi connectivity index (χ3n) is 4.29. The number of halogens is 3. The van der Waals surface area contributed by atoms with Gasteiger partial charge in [0.15, 0.2) is 6.61 Å². The maximum Gasteiger partial charge on any atom is 0.416 e. The fraction of sp³-hybridized carbons (Fsp3) is 0.318. The van der Waals surface area contributed by atoms with Gasteiger partial charge in [-0.15, -0.1) is 11.8 Å². The number of ether oxygens (including phenoxy) is 2. The molecule has 0 saturated carbocycles. The number of hydrogen-bond donors (Lipinski definition) is 1. The van der Waals surface area contributed by atoms with Crippen molar-refractivity contribution in [3.8, 4) is 11.5 Å². The average molecular weight is 440 g/mol. The second-order valence-electron chi connectivity index (χ2n) is 6.54. The second-order valence-corrected chi connectivity index (χ2v) is 7.96. The van der Waals surface area contributed by atoms with Gasteiger partial charge in [-0.25, -0.2) is 4.79 Å². The van der Waals surface area contributed by atoms with Gasteiger partial charge < -0.3 is 14.6 Å². The zero-order valence-corrected chi connectivity index (χ0v) is 17.6. The summed E-state index contributed by atoms with van der Waals surface area (Å²) >= 11 is 1.60. The molecule has 0 spiro atoms. The van der Waals surface area contributed by atoms with Crippen LogP contribution in [0.4, 0.5) is 13.2 Å². The van der Waals surface area contributed by atoms with E-state index in [-0.39, 0.29) is 11.9 Å². The summed E-state index contributed by atoms with van der Waals surface area (Å²) in [5, 5.41) is 8.78. The molecule has 0 saturated heterocycles. The smallest absolute Gasteiger partial charge is 0.416 e. The molecular formula is C22H23F3O4S. The van der Waals surface area contributed by atoms with Crippen LogP contribution in [0.1, 0.15) is 25.0 Å². The van der Waals surface area contributed by atoms with E-state index in [4.69, 9.17) is 14.6 Å². The molecule has 8 heteroatoms. The third kappa shape index (κ3) is 7.02. The Morgan fingerprint density at radius 1 is 1.13 bits per heavy atom. The van der Waals surface area contributed by atoms with E-state index >= 15 is 0 Å². The van der Waals surface area contributed by atoms with E-state index in [0.29, 0.717) is 11.5 Å². The highest BCUT2D eigenvalue weighted by molar-refractivity contribution is 8.00. The summed E-state index contributed by atoms with van der Waals surface area (Å²) < 4.78 is 48.8. The number of allylic oxidation sites excluding steroid dienone is 1. The molecule has 1 atom stereocenters. The van der Waals surface area contributed by atoms with Crippen LogP contribution in [0.5, 0.6) is 11.5 Å². The van der Waals surface area contributed by atoms with Crippen molar-refractivity contribution in [2.45, 2.75) is 37.1 Å². The number of carboxylic acid groups (broad SMARTS) is 1. The fourth-order valence-electron chi connectivity index (χ4n) is 2.62. The standard InChI is InChI=1S/C22H23F3O4S/c1-4-16(12-28-18-7-5-17(6-8-18)22(23,24)25)15(3)30-19-9-10-20(14(2)11-19)29-13-21(26)27/h4-11,15H,12-13H2,1-3H3,(H,26,27). The Bertz CT molecular complexity index is 892. The normalized spacial score (nSPS) is 13.1. The highest BCUT2D eigenvalue weighted by Gasteiger charge is 2.30. The third-order valence-corrected chi connectivity index (χ3v) is 5.47. The molecule has 30 heavy (non-hydrogen) atoms. The quantitative estimate of drug-likeness (QED) is 0.384. The first-order valence-corrected chi connectivity index (χ1v) is 10.0. The molecule has 0 aliphatic heterocycles. The molecular weight excluding hydrogens is 417 g/mol. The molecule has 1 N–H and O–H groups in total. The first-order chi connectivity index (χ1) is 14.1. The molecule has 2 aromatic rings. The van der Waals surface area contributed by atoms with Gasteiger partial charge in [0.1, 0.15) is 18.1 Å². The lowest BCUT2D eigenvalue weighted by Gasteiger charge is -2.17. The van der Waals surface area contributed by atoms with E-state index in [2.05, 4.69) is 0 Å². The summed E-state index contributed by atoms with van der Waals surface area (Å²) in [7, 11) is 0. The molecule has 0 aliphatic rings. The second kappa shape index (κ2) is 10.4. The summed E-state index contributed by atoms with van der Waals surface area (Å²) in [6, 6.07) is 10.1. The molecule has 0 aliphatic carbocycles. The van der Waals surface area contributed by atoms with Crippen molar-refractivity contribution in [1.29, 1.82) is 0 Å². The Kier molecular flexibility index (Phi) is 8.23. The van der Waals surface area contributed by atoms with Crippen LogP contribution in [0.3, 0.4) is 0 Å². The Labute approximate surface area is 177 Å². The van der Waals surface area contributed by atoms with E-state index in [9.17, 15) is 18.0 Å². The monoisotopic (exact) mass is 440 g/mol. The first-order valence-electron chi connectivity index (χ1n) is 9.17. The van der Waals surface area contributed by atoms with E-state index in [1.807, 2.05) is 39.0 Å². The van der Waals surface area contributed by atoms with Crippen LogP contribution in [0.15, 0.2) is 59.0 Å². The van der Waals surface area contributed by atoms with E-state index in [1.165, 1.54) is 12.1 Å². The molecule has 2 aromatic carbocycles. The maximum absolute atomic E-state index is 12.6. The van der Waals surface area contributed by atoms with Crippen LogP contribution in [0.2, 0.25) is 0 Å². The van der Waals surface area contributed by atoms with Crippen molar-refractivity contribution in [3.63, 3.8) is 0 Å². The van der Waals surface area contributed by atoms with Gasteiger partial charge >= 0.3 is 12.1 Å². The van der Waals surface area contributed by atoms with Gasteiger partial charge in [0.05, 0.1) is 5.56 Å². The minimum atomic E-state index is -4.37. The molecule has 0 bridgehead atoms. The summed E-state index contributed by atoms with van der Waals surface area (Å²) in [6.45, 7) is 5.61. The zero-order chi connectivity index (χ0) is 22.3. The Morgan fingerprint density at radius 3 is 2.33 bits per heavy atom. The number of benzene rings is 2. The van der Waals surface area contributed by atoms with E-state index < -0.39 is 24.3 Å². The minimum Gasteiger partial charge on any atom is -0.489 e. The van der Waals surface area contributed by atoms with Crippen molar-refractivity contribution in [2.24, 2.45) is 0 Å². The Hall–Kier alpha value is -2.61. The fourth-order valence-corrected chi connectivity index (χ4v) is 3.77. The molecule has 0 heterocycles. The highest BCUT2D eigenvalue weighted by atomic mass is 32.2. The number of carbonyl (C=O) groups is 1. The molecule has 4 nitrogen and oxygen atoms in total. The predicted octanol–water partition coefficient (Wildman–Crippen LogP) is 5.98. The molecule has 2 rings (SSSR count). The Morgan fingerprint density at radius 2 is 1.80 bits per heavy atom. The van der Waals surface area contributed by atoms with Crippen LogP contribution in [-0.2, 0) is 11.0 Å². The molecule has 162 valence electrons. The predicted molar refractivity (Wildman–Crippen MR) is 110 cm³/mol. The molecule has 1 unspecified atom stereocenters. The maximum atomic E-state index is 12.6. The summed E-state index contributed by atoms with van der Waals surface area (Å²) in [4.78, 5) is 11.6. The average Bonchev–Trinajstić information content (AvgIpc) is 2.67. The molecule has 0 fully saturated rings. The topological polar surface area (TPSA) is 55.8 Å². The van der Waals surface area contributed by atoms with Crippen molar-refractivity contribution in [3.05, 3.63) is 65.2 Å². The SMILES string of the molecule is CC=C(COc1ccc(C(F)(F)F)cc1)C(C)Sc1ccc(OCC(=O)O)c(C)c1. The number of rotatable bonds is 9. The van der Waals surface area contributed by atoms with Gasteiger partial charge in [0, 0.05) is 10.1 Å². The number of hydrogen-bond acceptors (Lipinski definition) is 4. The minimum absolute atomic E-state index is 0.0645. The van der Waals surface area contributed by atoms with Crippen LogP contribution in [0, 0.1) is 6.92 Å². The van der Waals surface area contributed by atoms with Crippen molar-refractivity contribution in [1.82, 2.24) is 0 Å². The van der Waals surface area contributed by atoms with Crippen molar-refractivity contribution >= 4 is 17.7 Å². The van der Waals surface area contributed by atoms with Crippen molar-refractivity contribution in [2.75, 3.05) is 13.2 Å². The molecule has 0 radical (unpaired) electrons. The van der Waals surface area contributed by atoms with Gasteiger partial charge in [-0.05, 0) is 74.4 Å². The lowest BCUT2D eigenvalue weighted by molar-refractivity contribution is -0.139. The van der Waals surface area contributed by atoms with Crippen molar-refractivity contribution < 1.29 is 32.5 Å². The van der Waals surface area contributed by atoms with Gasteiger partial charge in [-0.2, -0.15) is 13.2 Å². The molecule has 0 aromatic heterocycles. The lowest BCUT2D eigenvalue weighted by Crippen LogP contribution is -2.11. The summed E-state index contributed by atoms with van der Waals surface area (Å²) in [5.41, 5.74) is 1.11. The largest absolute Gasteiger partial charge is 0.489 e. The molecule has 0 amide bonds. The summed E-state index contributed by atoms with van der Waals surface area (Å²) in [5.74, 6) is -0.145.